The van der Waals surface area contributed by atoms with E-state index in [1.165, 1.54) is 12.4 Å². The highest BCUT2D eigenvalue weighted by molar-refractivity contribution is 6.05. The average Bonchev–Trinajstić information content (AvgIpc) is 3.31. The van der Waals surface area contributed by atoms with Crippen molar-refractivity contribution in [1.29, 1.82) is 0 Å². The number of carbonyl (C=O) groups excluding carboxylic acids is 2. The van der Waals surface area contributed by atoms with E-state index in [0.717, 1.165) is 24.3 Å². The number of amides is 3. The first-order valence-electron chi connectivity index (χ1n) is 11.0. The van der Waals surface area contributed by atoms with E-state index in [4.69, 9.17) is 0 Å². The Hall–Kier alpha value is -5.26. The summed E-state index contributed by atoms with van der Waals surface area (Å²) in [5, 5.41) is 7.39. The van der Waals surface area contributed by atoms with Gasteiger partial charge in [-0.05, 0) is 36.4 Å². The Labute approximate surface area is 212 Å². The van der Waals surface area contributed by atoms with Crippen LogP contribution in [-0.4, -0.2) is 26.3 Å². The molecular formula is C26H16F4N6O2. The van der Waals surface area contributed by atoms with Crippen molar-refractivity contribution >= 4 is 34.8 Å². The number of nitrogens with zero attached hydrogens (tertiary/aromatic N) is 3. The average molecular weight is 520 g/mol. The molecule has 0 atom stereocenters. The Kier molecular flexibility index (Phi) is 6.44. The fourth-order valence-corrected chi connectivity index (χ4v) is 3.72. The highest BCUT2D eigenvalue weighted by Gasteiger charge is 2.16. The number of imidazole rings is 1. The van der Waals surface area contributed by atoms with Crippen LogP contribution in [0, 0.1) is 23.3 Å². The van der Waals surface area contributed by atoms with Gasteiger partial charge in [0.1, 0.15) is 23.3 Å². The minimum Gasteiger partial charge on any atom is -0.308 e. The summed E-state index contributed by atoms with van der Waals surface area (Å²) in [5.41, 5.74) is 1.41. The third-order valence-electron chi connectivity index (χ3n) is 5.38. The van der Waals surface area contributed by atoms with Crippen molar-refractivity contribution in [3.8, 4) is 11.3 Å². The summed E-state index contributed by atoms with van der Waals surface area (Å²) in [6.07, 6.45) is 4.52. The predicted octanol–water partition coefficient (Wildman–Crippen LogP) is 5.85. The van der Waals surface area contributed by atoms with Gasteiger partial charge in [0.2, 0.25) is 0 Å². The second kappa shape index (κ2) is 10.0. The molecule has 3 N–H and O–H groups in total. The monoisotopic (exact) mass is 520 g/mol. The molecule has 8 nitrogen and oxygen atoms in total. The third kappa shape index (κ3) is 5.14. The summed E-state index contributed by atoms with van der Waals surface area (Å²) in [5.74, 6) is -4.19. The molecule has 38 heavy (non-hydrogen) atoms. The van der Waals surface area contributed by atoms with Gasteiger partial charge < -0.3 is 16.0 Å². The second-order valence-electron chi connectivity index (χ2n) is 8.01. The third-order valence-corrected chi connectivity index (χ3v) is 5.38. The van der Waals surface area contributed by atoms with Crippen molar-refractivity contribution in [1.82, 2.24) is 14.4 Å². The zero-order chi connectivity index (χ0) is 26.8. The first kappa shape index (κ1) is 24.4. The number of carbonyl (C=O) groups is 2. The Morgan fingerprint density at radius 2 is 1.58 bits per heavy atom. The van der Waals surface area contributed by atoms with Crippen LogP contribution in [0.1, 0.15) is 10.4 Å². The molecule has 0 aliphatic carbocycles. The molecule has 0 aliphatic rings. The predicted molar refractivity (Wildman–Crippen MR) is 132 cm³/mol. The number of anilines is 3. The largest absolute Gasteiger partial charge is 0.323 e. The molecule has 3 amide bonds. The number of aromatic nitrogens is 3. The van der Waals surface area contributed by atoms with E-state index in [2.05, 4.69) is 25.9 Å². The van der Waals surface area contributed by atoms with E-state index >= 15 is 0 Å². The van der Waals surface area contributed by atoms with Crippen LogP contribution >= 0.6 is 0 Å². The standard InChI is InChI=1S/C26H16F4N6O2/c27-16-4-5-21(20(30)12-16)34-26(38)33-19-3-1-2-14(10-19)22-13-32-24-23(31-6-7-36(22)24)35-25(37)15-8-17(28)11-18(29)9-15/h1-13H,(H,31,35,37)(H2,33,34,38). The van der Waals surface area contributed by atoms with Crippen LogP contribution in [0.5, 0.6) is 0 Å². The van der Waals surface area contributed by atoms with Crippen LogP contribution in [-0.2, 0) is 0 Å². The van der Waals surface area contributed by atoms with E-state index in [1.807, 2.05) is 0 Å². The van der Waals surface area contributed by atoms with E-state index in [-0.39, 0.29) is 22.7 Å². The molecule has 0 spiro atoms. The number of benzene rings is 3. The lowest BCUT2D eigenvalue weighted by molar-refractivity contribution is 0.102. The van der Waals surface area contributed by atoms with E-state index in [1.54, 1.807) is 34.9 Å². The van der Waals surface area contributed by atoms with Crippen molar-refractivity contribution in [2.45, 2.75) is 0 Å². The summed E-state index contributed by atoms with van der Waals surface area (Å²) in [4.78, 5) is 33.3. The van der Waals surface area contributed by atoms with Crippen LogP contribution in [0.15, 0.2) is 79.3 Å². The number of halogens is 4. The van der Waals surface area contributed by atoms with Crippen molar-refractivity contribution in [3.05, 3.63) is 108 Å². The lowest BCUT2D eigenvalue weighted by Gasteiger charge is -2.10. The molecule has 0 bridgehead atoms. The SMILES string of the molecule is O=C(Nc1cccc(-c2cnc3c(NC(=O)c4cc(F)cc(F)c4)nccn23)c1)Nc1ccc(F)cc1F. The molecule has 2 heterocycles. The molecule has 12 heteroatoms. The highest BCUT2D eigenvalue weighted by Crippen LogP contribution is 2.26. The smallest absolute Gasteiger partial charge is 0.308 e. The quantitative estimate of drug-likeness (QED) is 0.253. The van der Waals surface area contributed by atoms with Gasteiger partial charge in [-0.1, -0.05) is 12.1 Å². The van der Waals surface area contributed by atoms with Gasteiger partial charge in [-0.15, -0.1) is 0 Å². The molecule has 5 aromatic rings. The normalized spacial score (nSPS) is 10.8. The number of hydrogen-bond acceptors (Lipinski definition) is 4. The van der Waals surface area contributed by atoms with Gasteiger partial charge in [0.15, 0.2) is 11.5 Å². The molecule has 0 saturated carbocycles. The lowest BCUT2D eigenvalue weighted by atomic mass is 10.1. The summed E-state index contributed by atoms with van der Waals surface area (Å²) in [7, 11) is 0. The molecule has 5 rings (SSSR count). The van der Waals surface area contributed by atoms with E-state index in [0.29, 0.717) is 29.1 Å². The van der Waals surface area contributed by atoms with Crippen LogP contribution < -0.4 is 16.0 Å². The Bertz CT molecular complexity index is 1680. The molecular weight excluding hydrogens is 504 g/mol. The zero-order valence-corrected chi connectivity index (χ0v) is 19.2. The zero-order valence-electron chi connectivity index (χ0n) is 19.2. The number of nitrogens with one attached hydrogen (secondary N) is 3. The Morgan fingerprint density at radius 3 is 2.34 bits per heavy atom. The topological polar surface area (TPSA) is 100 Å². The summed E-state index contributed by atoms with van der Waals surface area (Å²) in [6.45, 7) is 0. The molecule has 0 fully saturated rings. The van der Waals surface area contributed by atoms with Crippen LogP contribution in [0.25, 0.3) is 16.9 Å². The number of rotatable bonds is 5. The Morgan fingerprint density at radius 1 is 0.789 bits per heavy atom. The minimum absolute atomic E-state index is 0.0587. The second-order valence-corrected chi connectivity index (χ2v) is 8.01. The fraction of sp³-hybridized carbons (Fsp3) is 0. The molecule has 0 aliphatic heterocycles. The van der Waals surface area contributed by atoms with Crippen LogP contribution in [0.2, 0.25) is 0 Å². The van der Waals surface area contributed by atoms with E-state index < -0.39 is 35.2 Å². The maximum absolute atomic E-state index is 13.8. The molecule has 2 aromatic heterocycles. The molecule has 0 unspecified atom stereocenters. The van der Waals surface area contributed by atoms with Gasteiger partial charge in [0, 0.05) is 41.3 Å². The van der Waals surface area contributed by atoms with Gasteiger partial charge in [-0.2, -0.15) is 0 Å². The summed E-state index contributed by atoms with van der Waals surface area (Å²) >= 11 is 0. The number of hydrogen-bond donors (Lipinski definition) is 3. The first-order chi connectivity index (χ1) is 18.3. The molecule has 3 aromatic carbocycles. The van der Waals surface area contributed by atoms with Crippen molar-refractivity contribution in [3.63, 3.8) is 0 Å². The molecule has 0 saturated heterocycles. The van der Waals surface area contributed by atoms with Crippen molar-refractivity contribution in [2.24, 2.45) is 0 Å². The van der Waals surface area contributed by atoms with Gasteiger partial charge in [-0.3, -0.25) is 9.20 Å². The van der Waals surface area contributed by atoms with Crippen LogP contribution in [0.3, 0.4) is 0 Å². The van der Waals surface area contributed by atoms with Gasteiger partial charge in [0.25, 0.3) is 5.91 Å². The Balaban J connectivity index is 1.37. The number of fused-ring (bicyclic) bond motifs is 1. The minimum atomic E-state index is -0.918. The van der Waals surface area contributed by atoms with Gasteiger partial charge >= 0.3 is 6.03 Å². The van der Waals surface area contributed by atoms with Crippen molar-refractivity contribution < 1.29 is 27.2 Å². The molecule has 0 radical (unpaired) electrons. The molecule has 190 valence electrons. The summed E-state index contributed by atoms with van der Waals surface area (Å²) in [6, 6.07) is 11.2. The lowest BCUT2D eigenvalue weighted by Crippen LogP contribution is -2.20. The van der Waals surface area contributed by atoms with Gasteiger partial charge in [-0.25, -0.2) is 32.3 Å². The van der Waals surface area contributed by atoms with Crippen LogP contribution in [0.4, 0.5) is 39.5 Å². The van der Waals surface area contributed by atoms with Crippen molar-refractivity contribution in [2.75, 3.05) is 16.0 Å². The first-order valence-corrected chi connectivity index (χ1v) is 11.0. The fourth-order valence-electron chi connectivity index (χ4n) is 3.72. The van der Waals surface area contributed by atoms with E-state index in [9.17, 15) is 27.2 Å². The maximum Gasteiger partial charge on any atom is 0.323 e. The summed E-state index contributed by atoms with van der Waals surface area (Å²) < 4.78 is 55.6. The van der Waals surface area contributed by atoms with Gasteiger partial charge in [0.05, 0.1) is 17.6 Å². The highest BCUT2D eigenvalue weighted by atomic mass is 19.1. The number of urea groups is 1. The maximum atomic E-state index is 13.8.